The lowest BCUT2D eigenvalue weighted by Gasteiger charge is -2.21. The van der Waals surface area contributed by atoms with Crippen LogP contribution in [0.5, 0.6) is 0 Å². The number of rotatable bonds is 7. The number of hydrogen-bond donors (Lipinski definition) is 1. The van der Waals surface area contributed by atoms with Gasteiger partial charge in [-0.1, -0.05) is 27.2 Å². The highest BCUT2D eigenvalue weighted by Gasteiger charge is 2.30. The molecule has 3 nitrogen and oxygen atoms in total. The lowest BCUT2D eigenvalue weighted by Crippen LogP contribution is -2.28. The van der Waals surface area contributed by atoms with Crippen molar-refractivity contribution in [3.63, 3.8) is 0 Å². The Hall–Kier alpha value is -0.830. The Kier molecular flexibility index (Phi) is 5.44. The van der Waals surface area contributed by atoms with Crippen LogP contribution in [0.15, 0.2) is 12.3 Å². The maximum Gasteiger partial charge on any atom is 0.0492 e. The van der Waals surface area contributed by atoms with Gasteiger partial charge in [-0.15, -0.1) is 0 Å². The van der Waals surface area contributed by atoms with Gasteiger partial charge >= 0.3 is 0 Å². The molecule has 1 saturated carbocycles. The molecule has 0 amide bonds. The smallest absolute Gasteiger partial charge is 0.0492 e. The van der Waals surface area contributed by atoms with E-state index in [0.717, 1.165) is 31.3 Å². The van der Waals surface area contributed by atoms with Crippen molar-refractivity contribution >= 4 is 0 Å². The maximum absolute atomic E-state index is 4.49. The minimum Gasteiger partial charge on any atom is -0.316 e. The summed E-state index contributed by atoms with van der Waals surface area (Å²) < 4.78 is 2.23. The molecule has 19 heavy (non-hydrogen) atoms. The number of hydrogen-bond acceptors (Lipinski definition) is 2. The zero-order valence-electron chi connectivity index (χ0n) is 12.7. The van der Waals surface area contributed by atoms with Gasteiger partial charge in [0.15, 0.2) is 0 Å². The summed E-state index contributed by atoms with van der Waals surface area (Å²) in [6.45, 7) is 10.1. The molecule has 0 aromatic carbocycles. The number of nitrogens with zero attached hydrogens (tertiary/aromatic N) is 2. The van der Waals surface area contributed by atoms with Crippen molar-refractivity contribution in [2.24, 2.45) is 11.8 Å². The van der Waals surface area contributed by atoms with E-state index in [1.807, 2.05) is 6.20 Å². The first-order valence-corrected chi connectivity index (χ1v) is 7.94. The summed E-state index contributed by atoms with van der Waals surface area (Å²) in [6, 6.07) is 2.24. The molecule has 1 fully saturated rings. The summed E-state index contributed by atoms with van der Waals surface area (Å²) in [4.78, 5) is 0. The Labute approximate surface area is 117 Å². The topological polar surface area (TPSA) is 29.9 Å². The summed E-state index contributed by atoms with van der Waals surface area (Å²) in [5.74, 6) is 2.25. The third kappa shape index (κ3) is 3.82. The fourth-order valence-corrected chi connectivity index (χ4v) is 3.28. The second-order valence-corrected chi connectivity index (χ2v) is 6.33. The van der Waals surface area contributed by atoms with Crippen LogP contribution in [0.3, 0.4) is 0 Å². The minimum absolute atomic E-state index is 0.716. The van der Waals surface area contributed by atoms with Gasteiger partial charge in [-0.05, 0) is 50.3 Å². The van der Waals surface area contributed by atoms with E-state index in [2.05, 4.69) is 41.9 Å². The van der Waals surface area contributed by atoms with Crippen molar-refractivity contribution in [2.45, 2.75) is 58.9 Å². The van der Waals surface area contributed by atoms with E-state index < -0.39 is 0 Å². The largest absolute Gasteiger partial charge is 0.316 e. The van der Waals surface area contributed by atoms with E-state index in [0.29, 0.717) is 5.92 Å². The first kappa shape index (κ1) is 14.6. The molecule has 108 valence electrons. The second kappa shape index (κ2) is 7.09. The van der Waals surface area contributed by atoms with Gasteiger partial charge < -0.3 is 5.32 Å². The average molecular weight is 263 g/mol. The maximum atomic E-state index is 4.49. The first-order chi connectivity index (χ1) is 9.22. The van der Waals surface area contributed by atoms with Crippen LogP contribution in [0.25, 0.3) is 0 Å². The van der Waals surface area contributed by atoms with E-state index in [4.69, 9.17) is 0 Å². The molecule has 2 unspecified atom stereocenters. The molecule has 1 aromatic heterocycles. The second-order valence-electron chi connectivity index (χ2n) is 6.33. The van der Waals surface area contributed by atoms with Crippen LogP contribution in [0, 0.1) is 11.8 Å². The molecule has 2 rings (SSSR count). The third-order valence-corrected chi connectivity index (χ3v) is 4.18. The van der Waals surface area contributed by atoms with E-state index in [9.17, 15) is 0 Å². The van der Waals surface area contributed by atoms with E-state index in [1.165, 1.54) is 31.5 Å². The summed E-state index contributed by atoms with van der Waals surface area (Å²) in [5.41, 5.74) is 1.47. The number of aromatic nitrogens is 2. The van der Waals surface area contributed by atoms with Crippen LogP contribution < -0.4 is 5.32 Å². The molecule has 0 saturated heterocycles. The standard InChI is InChI=1S/C16H29N3/c1-4-10-19-16(8-9-18-19)15-7-5-6-14(15)12-17-11-13(2)3/h8-9,13-15,17H,4-7,10-12H2,1-3H3. The molecule has 1 aliphatic carbocycles. The van der Waals surface area contributed by atoms with Gasteiger partial charge in [0.2, 0.25) is 0 Å². The van der Waals surface area contributed by atoms with Gasteiger partial charge in [-0.25, -0.2) is 0 Å². The predicted octanol–water partition coefficient (Wildman–Crippen LogP) is 3.42. The highest BCUT2D eigenvalue weighted by Crippen LogP contribution is 2.39. The van der Waals surface area contributed by atoms with Gasteiger partial charge in [0.1, 0.15) is 0 Å². The molecule has 0 aliphatic heterocycles. The molecule has 1 aromatic rings. The molecule has 0 radical (unpaired) electrons. The quantitative estimate of drug-likeness (QED) is 0.817. The molecule has 3 heteroatoms. The summed E-state index contributed by atoms with van der Waals surface area (Å²) in [7, 11) is 0. The Morgan fingerprint density at radius 1 is 1.42 bits per heavy atom. The Morgan fingerprint density at radius 2 is 2.26 bits per heavy atom. The van der Waals surface area contributed by atoms with Gasteiger partial charge in [0.05, 0.1) is 0 Å². The van der Waals surface area contributed by atoms with Crippen LogP contribution >= 0.6 is 0 Å². The zero-order valence-corrected chi connectivity index (χ0v) is 12.7. The molecule has 1 aliphatic rings. The third-order valence-electron chi connectivity index (χ3n) is 4.18. The molecule has 0 bridgehead atoms. The fraction of sp³-hybridized carbons (Fsp3) is 0.812. The summed E-state index contributed by atoms with van der Waals surface area (Å²) in [6.07, 6.45) is 7.21. The van der Waals surface area contributed by atoms with Crippen LogP contribution in [0.2, 0.25) is 0 Å². The Morgan fingerprint density at radius 3 is 3.00 bits per heavy atom. The highest BCUT2D eigenvalue weighted by molar-refractivity contribution is 5.12. The van der Waals surface area contributed by atoms with Crippen LogP contribution in [0.1, 0.15) is 58.1 Å². The van der Waals surface area contributed by atoms with Gasteiger partial charge in [0.25, 0.3) is 0 Å². The molecule has 0 spiro atoms. The van der Waals surface area contributed by atoms with E-state index >= 15 is 0 Å². The minimum atomic E-state index is 0.716. The van der Waals surface area contributed by atoms with Crippen LogP contribution in [-0.2, 0) is 6.54 Å². The number of aryl methyl sites for hydroxylation is 1. The first-order valence-electron chi connectivity index (χ1n) is 7.94. The normalized spacial score (nSPS) is 23.4. The Balaban J connectivity index is 1.95. The molecular formula is C16H29N3. The molecule has 1 N–H and O–H groups in total. The van der Waals surface area contributed by atoms with E-state index in [-0.39, 0.29) is 0 Å². The zero-order chi connectivity index (χ0) is 13.7. The number of nitrogens with one attached hydrogen (secondary N) is 1. The van der Waals surface area contributed by atoms with Gasteiger partial charge in [-0.3, -0.25) is 4.68 Å². The van der Waals surface area contributed by atoms with Gasteiger partial charge in [-0.2, -0.15) is 5.10 Å². The molecule has 1 heterocycles. The fourth-order valence-electron chi connectivity index (χ4n) is 3.28. The lowest BCUT2D eigenvalue weighted by molar-refractivity contribution is 0.405. The van der Waals surface area contributed by atoms with Crippen molar-refractivity contribution < 1.29 is 0 Å². The molecule has 2 atom stereocenters. The summed E-state index contributed by atoms with van der Waals surface area (Å²) >= 11 is 0. The van der Waals surface area contributed by atoms with Crippen molar-refractivity contribution in [1.29, 1.82) is 0 Å². The summed E-state index contributed by atoms with van der Waals surface area (Å²) in [5, 5.41) is 8.13. The highest BCUT2D eigenvalue weighted by atomic mass is 15.3. The average Bonchev–Trinajstić information content (AvgIpc) is 2.97. The van der Waals surface area contributed by atoms with Gasteiger partial charge in [0, 0.05) is 24.4 Å². The SMILES string of the molecule is CCCn1nccc1C1CCCC1CNCC(C)C. The van der Waals surface area contributed by atoms with Crippen molar-refractivity contribution in [3.8, 4) is 0 Å². The molecular weight excluding hydrogens is 234 g/mol. The van der Waals surface area contributed by atoms with Crippen LogP contribution in [0.4, 0.5) is 0 Å². The van der Waals surface area contributed by atoms with Crippen molar-refractivity contribution in [1.82, 2.24) is 15.1 Å². The van der Waals surface area contributed by atoms with Crippen LogP contribution in [-0.4, -0.2) is 22.9 Å². The van der Waals surface area contributed by atoms with Crippen molar-refractivity contribution in [2.75, 3.05) is 13.1 Å². The lowest BCUT2D eigenvalue weighted by atomic mass is 9.92. The van der Waals surface area contributed by atoms with E-state index in [1.54, 1.807) is 0 Å². The Bertz CT molecular complexity index is 370. The predicted molar refractivity (Wildman–Crippen MR) is 80.3 cm³/mol. The van der Waals surface area contributed by atoms with Crippen molar-refractivity contribution in [3.05, 3.63) is 18.0 Å². The monoisotopic (exact) mass is 263 g/mol.